The van der Waals surface area contributed by atoms with Gasteiger partial charge in [0.05, 0.1) is 22.0 Å². The number of rotatable bonds is 8. The van der Waals surface area contributed by atoms with E-state index in [1.165, 1.54) is 0 Å². The van der Waals surface area contributed by atoms with Gasteiger partial charge < -0.3 is 9.72 Å². The number of hydrogen-bond donors (Lipinski definition) is 2. The van der Waals surface area contributed by atoms with Gasteiger partial charge in [-0.05, 0) is 37.5 Å². The molecule has 1 atom stereocenters. The summed E-state index contributed by atoms with van der Waals surface area (Å²) in [7, 11) is -3.46. The third-order valence-corrected chi connectivity index (χ3v) is 6.46. The molecule has 2 N–H and O–H groups in total. The minimum atomic E-state index is -3.46. The number of benzene rings is 1. The average Bonchev–Trinajstić information content (AvgIpc) is 3.21. The number of hydrogen-bond acceptors (Lipinski definition) is 5. The highest BCUT2D eigenvalue weighted by Crippen LogP contribution is 2.25. The molecular formula is C16H23N3O3S2. The first kappa shape index (κ1) is 17.7. The van der Waals surface area contributed by atoms with E-state index in [1.807, 2.05) is 6.92 Å². The zero-order chi connectivity index (χ0) is 17.0. The molecule has 6 nitrogen and oxygen atoms in total. The van der Waals surface area contributed by atoms with Crippen molar-refractivity contribution in [1.82, 2.24) is 14.7 Å². The minimum absolute atomic E-state index is 0.269. The molecule has 2 heterocycles. The van der Waals surface area contributed by atoms with Gasteiger partial charge >= 0.3 is 0 Å². The zero-order valence-electron chi connectivity index (χ0n) is 13.7. The first-order valence-corrected chi connectivity index (χ1v) is 10.8. The van der Waals surface area contributed by atoms with Gasteiger partial charge in [-0.2, -0.15) is 0 Å². The van der Waals surface area contributed by atoms with Crippen LogP contribution >= 0.6 is 11.8 Å². The second kappa shape index (κ2) is 7.86. The number of ether oxygens (including phenoxy) is 1. The number of unbranched alkanes of at least 4 members (excludes halogenated alkanes) is 1. The molecule has 0 amide bonds. The SMILES string of the molecule is CCCCNS(=O)(=O)c1ccc2nc(SC[C@@H]3CCCO3)[nH]c2c1. The predicted molar refractivity (Wildman–Crippen MR) is 95.9 cm³/mol. The first-order chi connectivity index (χ1) is 11.6. The van der Waals surface area contributed by atoms with E-state index >= 15 is 0 Å². The molecule has 1 aliphatic heterocycles. The van der Waals surface area contributed by atoms with Crippen molar-refractivity contribution >= 4 is 32.8 Å². The molecular weight excluding hydrogens is 346 g/mol. The smallest absolute Gasteiger partial charge is 0.240 e. The fourth-order valence-electron chi connectivity index (χ4n) is 2.62. The Morgan fingerprint density at radius 2 is 2.33 bits per heavy atom. The summed E-state index contributed by atoms with van der Waals surface area (Å²) in [6.07, 6.45) is 4.29. The van der Waals surface area contributed by atoms with Gasteiger partial charge in [0.2, 0.25) is 10.0 Å². The minimum Gasteiger partial charge on any atom is -0.377 e. The van der Waals surface area contributed by atoms with Crippen LogP contribution < -0.4 is 4.72 Å². The monoisotopic (exact) mass is 369 g/mol. The van der Waals surface area contributed by atoms with Gasteiger partial charge in [0.15, 0.2) is 5.16 Å². The molecule has 0 unspecified atom stereocenters. The summed E-state index contributed by atoms with van der Waals surface area (Å²) in [5.74, 6) is 0.865. The number of nitrogens with one attached hydrogen (secondary N) is 2. The normalized spacial score (nSPS) is 18.5. The van der Waals surface area contributed by atoms with Crippen molar-refractivity contribution < 1.29 is 13.2 Å². The fraction of sp³-hybridized carbons (Fsp3) is 0.562. The molecule has 1 saturated heterocycles. The van der Waals surface area contributed by atoms with Gasteiger partial charge in [0.1, 0.15) is 0 Å². The van der Waals surface area contributed by atoms with Crippen LogP contribution in [0.3, 0.4) is 0 Å². The summed E-state index contributed by atoms with van der Waals surface area (Å²) in [6.45, 7) is 3.33. The standard InChI is InChI=1S/C16H23N3O3S2/c1-2-3-8-17-24(20,21)13-6-7-14-15(10-13)19-16(18-14)23-11-12-5-4-9-22-12/h6-7,10,12,17H,2-5,8-9,11H2,1H3,(H,18,19)/t12-/m0/s1. The van der Waals surface area contributed by atoms with Gasteiger partial charge in [-0.3, -0.25) is 0 Å². The largest absolute Gasteiger partial charge is 0.377 e. The highest BCUT2D eigenvalue weighted by atomic mass is 32.2. The highest BCUT2D eigenvalue weighted by Gasteiger charge is 2.18. The Labute approximate surface area is 146 Å². The topological polar surface area (TPSA) is 84.1 Å². The molecule has 2 aromatic rings. The van der Waals surface area contributed by atoms with Gasteiger partial charge in [-0.1, -0.05) is 25.1 Å². The number of aromatic nitrogens is 2. The Balaban J connectivity index is 1.71. The van der Waals surface area contributed by atoms with Crippen molar-refractivity contribution in [3.63, 3.8) is 0 Å². The maximum absolute atomic E-state index is 12.3. The van der Waals surface area contributed by atoms with Crippen LogP contribution in [-0.2, 0) is 14.8 Å². The molecule has 1 fully saturated rings. The molecule has 132 valence electrons. The molecule has 0 radical (unpaired) electrons. The van der Waals surface area contributed by atoms with Crippen LogP contribution in [0.5, 0.6) is 0 Å². The highest BCUT2D eigenvalue weighted by molar-refractivity contribution is 7.99. The number of thioether (sulfide) groups is 1. The molecule has 3 rings (SSSR count). The third kappa shape index (κ3) is 4.30. The van der Waals surface area contributed by atoms with Crippen LogP contribution in [0, 0.1) is 0 Å². The summed E-state index contributed by atoms with van der Waals surface area (Å²) < 4.78 is 32.8. The van der Waals surface area contributed by atoms with E-state index in [4.69, 9.17) is 4.74 Å². The van der Waals surface area contributed by atoms with Gasteiger partial charge in [-0.25, -0.2) is 18.1 Å². The van der Waals surface area contributed by atoms with Crippen molar-refractivity contribution in [2.75, 3.05) is 18.9 Å². The van der Waals surface area contributed by atoms with E-state index in [0.717, 1.165) is 54.2 Å². The van der Waals surface area contributed by atoms with E-state index < -0.39 is 10.0 Å². The zero-order valence-corrected chi connectivity index (χ0v) is 15.4. The number of H-pyrrole nitrogens is 1. The van der Waals surface area contributed by atoms with Crippen molar-refractivity contribution in [1.29, 1.82) is 0 Å². The van der Waals surface area contributed by atoms with Gasteiger partial charge in [0.25, 0.3) is 0 Å². The molecule has 24 heavy (non-hydrogen) atoms. The lowest BCUT2D eigenvalue weighted by Gasteiger charge is -2.06. The van der Waals surface area contributed by atoms with E-state index in [0.29, 0.717) is 12.6 Å². The quantitative estimate of drug-likeness (QED) is 0.552. The molecule has 8 heteroatoms. The lowest BCUT2D eigenvalue weighted by atomic mass is 10.3. The van der Waals surface area contributed by atoms with E-state index in [-0.39, 0.29) is 4.90 Å². The first-order valence-electron chi connectivity index (χ1n) is 8.32. The lowest BCUT2D eigenvalue weighted by Crippen LogP contribution is -2.24. The van der Waals surface area contributed by atoms with Crippen LogP contribution in [0.2, 0.25) is 0 Å². The molecule has 1 aromatic heterocycles. The van der Waals surface area contributed by atoms with Crippen molar-refractivity contribution in [3.8, 4) is 0 Å². The Morgan fingerprint density at radius 1 is 1.46 bits per heavy atom. The number of sulfonamides is 1. The van der Waals surface area contributed by atoms with Crippen molar-refractivity contribution in [2.24, 2.45) is 0 Å². The Hall–Kier alpha value is -1.09. The Kier molecular flexibility index (Phi) is 5.80. The predicted octanol–water partition coefficient (Wildman–Crippen LogP) is 2.91. The van der Waals surface area contributed by atoms with Crippen LogP contribution in [-0.4, -0.2) is 43.4 Å². The average molecular weight is 370 g/mol. The molecule has 0 spiro atoms. The summed E-state index contributed by atoms with van der Waals surface area (Å²) in [5, 5.41) is 0.800. The van der Waals surface area contributed by atoms with E-state index in [2.05, 4.69) is 14.7 Å². The second-order valence-electron chi connectivity index (χ2n) is 5.92. The van der Waals surface area contributed by atoms with Gasteiger partial charge in [0, 0.05) is 18.9 Å². The van der Waals surface area contributed by atoms with Crippen LogP contribution in [0.25, 0.3) is 11.0 Å². The molecule has 0 aliphatic carbocycles. The number of imidazole rings is 1. The van der Waals surface area contributed by atoms with Crippen molar-refractivity contribution in [2.45, 2.75) is 48.8 Å². The Bertz CT molecular complexity index is 783. The summed E-state index contributed by atoms with van der Waals surface area (Å²) >= 11 is 1.62. The number of aromatic amines is 1. The van der Waals surface area contributed by atoms with Gasteiger partial charge in [-0.15, -0.1) is 0 Å². The summed E-state index contributed by atoms with van der Waals surface area (Å²) in [6, 6.07) is 5.00. The molecule has 0 bridgehead atoms. The Morgan fingerprint density at radius 3 is 3.08 bits per heavy atom. The fourth-order valence-corrected chi connectivity index (χ4v) is 4.67. The van der Waals surface area contributed by atoms with Crippen LogP contribution in [0.4, 0.5) is 0 Å². The summed E-state index contributed by atoms with van der Waals surface area (Å²) in [5.41, 5.74) is 1.51. The number of fused-ring (bicyclic) bond motifs is 1. The molecule has 1 aliphatic rings. The maximum atomic E-state index is 12.3. The number of nitrogens with zero attached hydrogens (tertiary/aromatic N) is 1. The van der Waals surface area contributed by atoms with Crippen molar-refractivity contribution in [3.05, 3.63) is 18.2 Å². The summed E-state index contributed by atoms with van der Waals surface area (Å²) in [4.78, 5) is 7.98. The lowest BCUT2D eigenvalue weighted by molar-refractivity contribution is 0.129. The molecule has 1 aromatic carbocycles. The van der Waals surface area contributed by atoms with Crippen LogP contribution in [0.15, 0.2) is 28.3 Å². The van der Waals surface area contributed by atoms with E-state index in [9.17, 15) is 8.42 Å². The molecule has 0 saturated carbocycles. The van der Waals surface area contributed by atoms with E-state index in [1.54, 1.807) is 30.0 Å². The maximum Gasteiger partial charge on any atom is 0.240 e. The third-order valence-electron chi connectivity index (χ3n) is 3.99. The van der Waals surface area contributed by atoms with Crippen LogP contribution in [0.1, 0.15) is 32.6 Å². The second-order valence-corrected chi connectivity index (χ2v) is 8.69.